The number of carboxylic acids is 1. The zero-order valence-corrected chi connectivity index (χ0v) is 8.76. The van der Waals surface area contributed by atoms with Crippen LogP contribution in [0.5, 0.6) is 0 Å². The van der Waals surface area contributed by atoms with Crippen LogP contribution in [-0.2, 0) is 6.42 Å². The number of carboxylic acid groups (broad SMARTS) is 1. The molecule has 0 bridgehead atoms. The van der Waals surface area contributed by atoms with E-state index in [1.54, 1.807) is 6.07 Å². The molecule has 3 nitrogen and oxygen atoms in total. The lowest BCUT2D eigenvalue weighted by Crippen LogP contribution is -1.97. The Morgan fingerprint density at radius 2 is 2.36 bits per heavy atom. The van der Waals surface area contributed by atoms with Crippen molar-refractivity contribution < 1.29 is 14.7 Å². The van der Waals surface area contributed by atoms with Crippen molar-refractivity contribution in [1.82, 2.24) is 0 Å². The lowest BCUT2D eigenvalue weighted by molar-refractivity contribution is 0.0701. The summed E-state index contributed by atoms with van der Waals surface area (Å²) in [6.45, 7) is 2.05. The summed E-state index contributed by atoms with van der Waals surface area (Å²) >= 11 is 1.05. The monoisotopic (exact) mass is 212 g/mol. The zero-order valence-electron chi connectivity index (χ0n) is 7.95. The number of hydrogen-bond acceptors (Lipinski definition) is 3. The predicted octanol–water partition coefficient (Wildman–Crippen LogP) is 2.60. The Bertz CT molecular complexity index is 341. The molecule has 0 unspecified atom stereocenters. The molecule has 0 fully saturated rings. The van der Waals surface area contributed by atoms with Gasteiger partial charge in [0.15, 0.2) is 6.29 Å². The molecule has 1 rings (SSSR count). The van der Waals surface area contributed by atoms with Crippen molar-refractivity contribution in [2.75, 3.05) is 0 Å². The van der Waals surface area contributed by atoms with Crippen LogP contribution in [0.25, 0.3) is 0 Å². The first-order valence-corrected chi connectivity index (χ1v) is 5.31. The number of carbonyl (C=O) groups excluding carboxylic acids is 1. The van der Waals surface area contributed by atoms with Gasteiger partial charge >= 0.3 is 5.97 Å². The first kappa shape index (κ1) is 10.9. The van der Waals surface area contributed by atoms with Crippen LogP contribution in [0.1, 0.15) is 44.7 Å². The molecule has 4 heteroatoms. The summed E-state index contributed by atoms with van der Waals surface area (Å²) in [6, 6.07) is 1.68. The second-order valence-electron chi connectivity index (χ2n) is 3.03. The maximum absolute atomic E-state index is 10.8. The van der Waals surface area contributed by atoms with Crippen molar-refractivity contribution in [2.24, 2.45) is 0 Å². The minimum absolute atomic E-state index is 0.306. The number of aromatic carboxylic acids is 1. The highest BCUT2D eigenvalue weighted by Gasteiger charge is 2.14. The van der Waals surface area contributed by atoms with Crippen LogP contribution in [0.3, 0.4) is 0 Å². The molecule has 0 amide bonds. The summed E-state index contributed by atoms with van der Waals surface area (Å²) in [5.41, 5.74) is 0.784. The van der Waals surface area contributed by atoms with Gasteiger partial charge in [0.05, 0.1) is 4.88 Å². The van der Waals surface area contributed by atoms with Gasteiger partial charge in [0.2, 0.25) is 0 Å². The number of unbranched alkanes of at least 4 members (excludes halogenated alkanes) is 1. The average Bonchev–Trinajstić information content (AvgIpc) is 2.58. The minimum atomic E-state index is -0.936. The van der Waals surface area contributed by atoms with E-state index in [0.29, 0.717) is 16.0 Å². The fourth-order valence-corrected chi connectivity index (χ4v) is 2.11. The number of hydrogen-bond donors (Lipinski definition) is 1. The summed E-state index contributed by atoms with van der Waals surface area (Å²) in [7, 11) is 0. The van der Waals surface area contributed by atoms with Crippen LogP contribution < -0.4 is 0 Å². The molecule has 1 aromatic rings. The smallest absolute Gasteiger partial charge is 0.346 e. The van der Waals surface area contributed by atoms with Crippen LogP contribution in [0.15, 0.2) is 6.07 Å². The van der Waals surface area contributed by atoms with E-state index in [0.717, 1.165) is 36.2 Å². The molecular formula is C10H12O3S. The molecule has 1 aromatic heterocycles. The van der Waals surface area contributed by atoms with Gasteiger partial charge in [-0.3, -0.25) is 4.79 Å². The SMILES string of the molecule is CCCCc1cc(C=O)sc1C(=O)O. The number of aldehydes is 1. The summed E-state index contributed by atoms with van der Waals surface area (Å²) < 4.78 is 0. The summed E-state index contributed by atoms with van der Waals surface area (Å²) in [4.78, 5) is 22.1. The van der Waals surface area contributed by atoms with Gasteiger partial charge in [-0.1, -0.05) is 13.3 Å². The van der Waals surface area contributed by atoms with Crippen LogP contribution in [0.2, 0.25) is 0 Å². The normalized spacial score (nSPS) is 10.1. The van der Waals surface area contributed by atoms with Crippen LogP contribution >= 0.6 is 11.3 Å². The van der Waals surface area contributed by atoms with Gasteiger partial charge in [0, 0.05) is 0 Å². The van der Waals surface area contributed by atoms with E-state index >= 15 is 0 Å². The van der Waals surface area contributed by atoms with Gasteiger partial charge < -0.3 is 5.11 Å². The first-order chi connectivity index (χ1) is 6.69. The van der Waals surface area contributed by atoms with Gasteiger partial charge in [-0.25, -0.2) is 4.79 Å². The van der Waals surface area contributed by atoms with Crippen molar-refractivity contribution >= 4 is 23.6 Å². The number of aryl methyl sites for hydroxylation is 1. The third kappa shape index (κ3) is 2.42. The Morgan fingerprint density at radius 3 is 2.86 bits per heavy atom. The molecule has 0 radical (unpaired) electrons. The highest BCUT2D eigenvalue weighted by molar-refractivity contribution is 7.15. The third-order valence-corrected chi connectivity index (χ3v) is 3.03. The lowest BCUT2D eigenvalue weighted by Gasteiger charge is -1.96. The van der Waals surface area contributed by atoms with Crippen molar-refractivity contribution in [3.63, 3.8) is 0 Å². The second kappa shape index (κ2) is 4.91. The predicted molar refractivity (Wildman–Crippen MR) is 55.3 cm³/mol. The largest absolute Gasteiger partial charge is 0.477 e. The third-order valence-electron chi connectivity index (χ3n) is 1.94. The first-order valence-electron chi connectivity index (χ1n) is 4.50. The van der Waals surface area contributed by atoms with Crippen molar-refractivity contribution in [3.05, 3.63) is 21.4 Å². The molecule has 1 N–H and O–H groups in total. The molecule has 0 aromatic carbocycles. The topological polar surface area (TPSA) is 54.4 Å². The highest BCUT2D eigenvalue weighted by atomic mass is 32.1. The molecule has 0 aliphatic carbocycles. The molecule has 14 heavy (non-hydrogen) atoms. The number of thiophene rings is 1. The van der Waals surface area contributed by atoms with Gasteiger partial charge in [-0.05, 0) is 24.5 Å². The van der Waals surface area contributed by atoms with Crippen molar-refractivity contribution in [2.45, 2.75) is 26.2 Å². The average molecular weight is 212 g/mol. The van der Waals surface area contributed by atoms with Crippen LogP contribution in [-0.4, -0.2) is 17.4 Å². The van der Waals surface area contributed by atoms with E-state index in [1.807, 2.05) is 6.92 Å². The van der Waals surface area contributed by atoms with Crippen molar-refractivity contribution in [3.8, 4) is 0 Å². The lowest BCUT2D eigenvalue weighted by atomic mass is 10.1. The fourth-order valence-electron chi connectivity index (χ4n) is 1.24. The minimum Gasteiger partial charge on any atom is -0.477 e. The number of rotatable bonds is 5. The Morgan fingerprint density at radius 1 is 1.64 bits per heavy atom. The maximum Gasteiger partial charge on any atom is 0.346 e. The van der Waals surface area contributed by atoms with E-state index in [4.69, 9.17) is 5.11 Å². The van der Waals surface area contributed by atoms with Crippen LogP contribution in [0, 0.1) is 0 Å². The van der Waals surface area contributed by atoms with E-state index in [9.17, 15) is 9.59 Å². The van der Waals surface area contributed by atoms with Gasteiger partial charge in [-0.15, -0.1) is 11.3 Å². The Hall–Kier alpha value is -1.16. The quantitative estimate of drug-likeness (QED) is 0.763. The molecule has 0 aliphatic heterocycles. The van der Waals surface area contributed by atoms with E-state index in [1.165, 1.54) is 0 Å². The van der Waals surface area contributed by atoms with Crippen molar-refractivity contribution in [1.29, 1.82) is 0 Å². The summed E-state index contributed by atoms with van der Waals surface area (Å²) in [5, 5.41) is 8.87. The zero-order chi connectivity index (χ0) is 10.6. The molecule has 0 saturated heterocycles. The van der Waals surface area contributed by atoms with Gasteiger partial charge in [0.1, 0.15) is 4.88 Å². The molecule has 0 saturated carbocycles. The molecule has 76 valence electrons. The van der Waals surface area contributed by atoms with E-state index < -0.39 is 5.97 Å². The standard InChI is InChI=1S/C10H12O3S/c1-2-3-4-7-5-8(6-11)14-9(7)10(12)13/h5-6H,2-4H2,1H3,(H,12,13). The van der Waals surface area contributed by atoms with E-state index in [2.05, 4.69) is 0 Å². The highest BCUT2D eigenvalue weighted by Crippen LogP contribution is 2.22. The molecule has 1 heterocycles. The van der Waals surface area contributed by atoms with E-state index in [-0.39, 0.29) is 0 Å². The molecular weight excluding hydrogens is 200 g/mol. The summed E-state index contributed by atoms with van der Waals surface area (Å²) in [6.07, 6.45) is 3.41. The summed E-state index contributed by atoms with van der Waals surface area (Å²) in [5.74, 6) is -0.936. The maximum atomic E-state index is 10.8. The van der Waals surface area contributed by atoms with Gasteiger partial charge in [-0.2, -0.15) is 0 Å². The number of carbonyl (C=O) groups is 2. The molecule has 0 aliphatic rings. The Balaban J connectivity index is 2.93. The fraction of sp³-hybridized carbons (Fsp3) is 0.400. The molecule has 0 spiro atoms. The second-order valence-corrected chi connectivity index (χ2v) is 4.11. The Labute approximate surface area is 86.4 Å². The Kier molecular flexibility index (Phi) is 3.83. The van der Waals surface area contributed by atoms with Gasteiger partial charge in [0.25, 0.3) is 0 Å². The molecule has 0 atom stereocenters. The van der Waals surface area contributed by atoms with Crippen LogP contribution in [0.4, 0.5) is 0 Å².